The van der Waals surface area contributed by atoms with Crippen LogP contribution in [0, 0.1) is 0 Å². The van der Waals surface area contributed by atoms with Crippen molar-refractivity contribution in [3.05, 3.63) is 35.9 Å². The molecule has 0 aliphatic carbocycles. The van der Waals surface area contributed by atoms with Gasteiger partial charge in [0.25, 0.3) is 0 Å². The molecule has 0 heterocycles. The maximum Gasteiger partial charge on any atom is 0.118 e. The summed E-state index contributed by atoms with van der Waals surface area (Å²) in [6, 6.07) is 7.96. The summed E-state index contributed by atoms with van der Waals surface area (Å²) in [7, 11) is 1.66. The van der Waals surface area contributed by atoms with Gasteiger partial charge in [0.15, 0.2) is 0 Å². The number of hydrogen-bond acceptors (Lipinski definition) is 2. The van der Waals surface area contributed by atoms with E-state index in [1.54, 1.807) is 7.11 Å². The van der Waals surface area contributed by atoms with Crippen molar-refractivity contribution in [1.29, 1.82) is 0 Å². The zero-order valence-electron chi connectivity index (χ0n) is 8.03. The highest BCUT2D eigenvalue weighted by molar-refractivity contribution is 5.51. The van der Waals surface area contributed by atoms with Gasteiger partial charge in [0.2, 0.25) is 0 Å². The van der Waals surface area contributed by atoms with Crippen LogP contribution in [0.3, 0.4) is 0 Å². The van der Waals surface area contributed by atoms with E-state index in [4.69, 9.17) is 10.5 Å². The van der Waals surface area contributed by atoms with E-state index < -0.39 is 0 Å². The van der Waals surface area contributed by atoms with E-state index >= 15 is 0 Å². The molecule has 0 radical (unpaired) electrons. The molecule has 0 bridgehead atoms. The van der Waals surface area contributed by atoms with Gasteiger partial charge in [-0.05, 0) is 24.6 Å². The Morgan fingerprint density at radius 1 is 1.31 bits per heavy atom. The van der Waals surface area contributed by atoms with Gasteiger partial charge < -0.3 is 10.5 Å². The number of rotatable bonds is 3. The molecule has 0 aromatic heterocycles. The second-order valence-electron chi connectivity index (χ2n) is 2.99. The van der Waals surface area contributed by atoms with Gasteiger partial charge in [-0.3, -0.25) is 0 Å². The molecule has 1 atom stereocenters. The van der Waals surface area contributed by atoms with Gasteiger partial charge in [-0.1, -0.05) is 24.3 Å². The lowest BCUT2D eigenvalue weighted by molar-refractivity contribution is 0.415. The summed E-state index contributed by atoms with van der Waals surface area (Å²) in [4.78, 5) is 0. The van der Waals surface area contributed by atoms with Crippen LogP contribution in [0.5, 0.6) is 5.75 Å². The lowest BCUT2D eigenvalue weighted by Crippen LogP contribution is -2.09. The molecule has 0 aliphatic rings. The first-order valence-electron chi connectivity index (χ1n) is 4.30. The molecule has 1 unspecified atom stereocenters. The summed E-state index contributed by atoms with van der Waals surface area (Å²) >= 11 is 0. The number of benzene rings is 1. The Balaban J connectivity index is 2.69. The van der Waals surface area contributed by atoms with Crippen LogP contribution in [0.2, 0.25) is 0 Å². The fraction of sp³-hybridized carbons (Fsp3) is 0.273. The summed E-state index contributed by atoms with van der Waals surface area (Å²) in [5.74, 6) is 0.873. The zero-order valence-corrected chi connectivity index (χ0v) is 8.03. The average Bonchev–Trinajstić information content (AvgIpc) is 2.15. The highest BCUT2D eigenvalue weighted by Crippen LogP contribution is 2.12. The molecule has 0 saturated heterocycles. The molecule has 0 fully saturated rings. The van der Waals surface area contributed by atoms with Gasteiger partial charge >= 0.3 is 0 Å². The van der Waals surface area contributed by atoms with Crippen molar-refractivity contribution >= 4 is 6.08 Å². The monoisotopic (exact) mass is 177 g/mol. The van der Waals surface area contributed by atoms with E-state index in [9.17, 15) is 0 Å². The SMILES string of the molecule is COc1ccc(/C=C/C(C)N)cc1. The molecule has 0 spiro atoms. The smallest absolute Gasteiger partial charge is 0.118 e. The Morgan fingerprint density at radius 2 is 1.92 bits per heavy atom. The molecule has 0 amide bonds. The van der Waals surface area contributed by atoms with Gasteiger partial charge in [-0.2, -0.15) is 0 Å². The van der Waals surface area contributed by atoms with Crippen molar-refractivity contribution in [2.24, 2.45) is 5.73 Å². The van der Waals surface area contributed by atoms with Gasteiger partial charge in [0.1, 0.15) is 5.75 Å². The van der Waals surface area contributed by atoms with Crippen LogP contribution >= 0.6 is 0 Å². The fourth-order valence-electron chi connectivity index (χ4n) is 0.978. The lowest BCUT2D eigenvalue weighted by Gasteiger charge is -1.99. The second kappa shape index (κ2) is 4.67. The van der Waals surface area contributed by atoms with Crippen molar-refractivity contribution in [1.82, 2.24) is 0 Å². The Labute approximate surface area is 79.0 Å². The summed E-state index contributed by atoms with van der Waals surface area (Å²) in [5.41, 5.74) is 6.72. The Bertz CT molecular complexity index is 275. The van der Waals surface area contributed by atoms with Crippen molar-refractivity contribution < 1.29 is 4.74 Å². The molecule has 1 aromatic carbocycles. The Kier molecular flexibility index (Phi) is 3.53. The van der Waals surface area contributed by atoms with Crippen LogP contribution in [0.15, 0.2) is 30.3 Å². The maximum atomic E-state index is 5.58. The highest BCUT2D eigenvalue weighted by Gasteiger charge is 1.90. The van der Waals surface area contributed by atoms with Crippen LogP contribution < -0.4 is 10.5 Å². The van der Waals surface area contributed by atoms with E-state index in [2.05, 4.69) is 0 Å². The third-order valence-electron chi connectivity index (χ3n) is 1.71. The third kappa shape index (κ3) is 3.30. The first-order chi connectivity index (χ1) is 6.22. The maximum absolute atomic E-state index is 5.58. The molecule has 2 N–H and O–H groups in total. The lowest BCUT2D eigenvalue weighted by atomic mass is 10.2. The topological polar surface area (TPSA) is 35.2 Å². The minimum atomic E-state index is 0.0992. The molecule has 1 aromatic rings. The summed E-state index contributed by atoms with van der Waals surface area (Å²) in [5, 5.41) is 0. The average molecular weight is 177 g/mol. The summed E-state index contributed by atoms with van der Waals surface area (Å²) < 4.78 is 5.05. The molecule has 13 heavy (non-hydrogen) atoms. The predicted molar refractivity (Wildman–Crippen MR) is 55.7 cm³/mol. The molecule has 2 heteroatoms. The summed E-state index contributed by atoms with van der Waals surface area (Å²) in [6.07, 6.45) is 3.96. The van der Waals surface area contributed by atoms with Crippen molar-refractivity contribution in [2.45, 2.75) is 13.0 Å². The second-order valence-corrected chi connectivity index (χ2v) is 2.99. The van der Waals surface area contributed by atoms with E-state index in [-0.39, 0.29) is 6.04 Å². The van der Waals surface area contributed by atoms with Crippen LogP contribution in [0.25, 0.3) is 6.08 Å². The van der Waals surface area contributed by atoms with Crippen LogP contribution in [0.1, 0.15) is 12.5 Å². The quantitative estimate of drug-likeness (QED) is 0.767. The molecule has 0 saturated carbocycles. The van der Waals surface area contributed by atoms with E-state index in [0.29, 0.717) is 0 Å². The molecule has 0 aliphatic heterocycles. The van der Waals surface area contributed by atoms with Gasteiger partial charge in [0, 0.05) is 6.04 Å². The minimum Gasteiger partial charge on any atom is -0.497 e. The first-order valence-corrected chi connectivity index (χ1v) is 4.30. The van der Waals surface area contributed by atoms with Crippen LogP contribution in [-0.2, 0) is 0 Å². The fourth-order valence-corrected chi connectivity index (χ4v) is 0.978. The van der Waals surface area contributed by atoms with Crippen molar-refractivity contribution in [3.8, 4) is 5.75 Å². The van der Waals surface area contributed by atoms with E-state index in [1.807, 2.05) is 43.3 Å². The standard InChI is InChI=1S/C11H15NO/c1-9(12)3-4-10-5-7-11(13-2)8-6-10/h3-9H,12H2,1-2H3/b4-3+. The molecular weight excluding hydrogens is 162 g/mol. The van der Waals surface area contributed by atoms with Crippen molar-refractivity contribution in [3.63, 3.8) is 0 Å². The first kappa shape index (κ1) is 9.81. The summed E-state index contributed by atoms with van der Waals surface area (Å²) in [6.45, 7) is 1.94. The Hall–Kier alpha value is -1.28. The van der Waals surface area contributed by atoms with Gasteiger partial charge in [0.05, 0.1) is 7.11 Å². The molecular formula is C11H15NO. The Morgan fingerprint density at radius 3 is 2.38 bits per heavy atom. The van der Waals surface area contributed by atoms with E-state index in [0.717, 1.165) is 11.3 Å². The third-order valence-corrected chi connectivity index (χ3v) is 1.71. The van der Waals surface area contributed by atoms with Gasteiger partial charge in [-0.15, -0.1) is 0 Å². The predicted octanol–water partition coefficient (Wildman–Crippen LogP) is 2.06. The molecule has 2 nitrogen and oxygen atoms in total. The number of nitrogens with two attached hydrogens (primary N) is 1. The molecule has 1 rings (SSSR count). The zero-order chi connectivity index (χ0) is 9.68. The number of ether oxygens (including phenoxy) is 1. The van der Waals surface area contributed by atoms with Crippen LogP contribution in [-0.4, -0.2) is 13.2 Å². The van der Waals surface area contributed by atoms with Crippen molar-refractivity contribution in [2.75, 3.05) is 7.11 Å². The van der Waals surface area contributed by atoms with Crippen LogP contribution in [0.4, 0.5) is 0 Å². The normalized spacial score (nSPS) is 13.2. The largest absolute Gasteiger partial charge is 0.497 e. The molecule has 70 valence electrons. The van der Waals surface area contributed by atoms with Gasteiger partial charge in [-0.25, -0.2) is 0 Å². The minimum absolute atomic E-state index is 0.0992. The van der Waals surface area contributed by atoms with E-state index in [1.165, 1.54) is 0 Å². The number of hydrogen-bond donors (Lipinski definition) is 1. The highest BCUT2D eigenvalue weighted by atomic mass is 16.5. The number of methoxy groups -OCH3 is 1.